The number of piperazine rings is 1. The summed E-state index contributed by atoms with van der Waals surface area (Å²) in [5, 5.41) is 2.57. The standard InChI is InChI=1S/C22H22N2O8S/c1-30-19-12-15(7-9-21(26)31-2)6-8-18(19)32-22(27)16-4-3-5-17(13-16)33(28,29)24-11-10-23-20(25)14-24/h3-9,12-13H,10-11,14H2,1-2H3,(H,23,25). The Bertz CT molecular complexity index is 1210. The number of rotatable bonds is 7. The normalized spacial score (nSPS) is 14.5. The molecule has 0 spiro atoms. The molecule has 3 rings (SSSR count). The highest BCUT2D eigenvalue weighted by atomic mass is 32.2. The van der Waals surface area contributed by atoms with E-state index >= 15 is 0 Å². The number of amides is 1. The van der Waals surface area contributed by atoms with E-state index in [0.717, 1.165) is 4.31 Å². The quantitative estimate of drug-likeness (QED) is 0.360. The molecule has 0 unspecified atom stereocenters. The Labute approximate surface area is 190 Å². The Kier molecular flexibility index (Phi) is 7.46. The molecule has 1 amide bonds. The van der Waals surface area contributed by atoms with Gasteiger partial charge < -0.3 is 19.5 Å². The van der Waals surface area contributed by atoms with Gasteiger partial charge in [0.05, 0.1) is 31.2 Å². The first kappa shape index (κ1) is 24.0. The number of sulfonamides is 1. The molecule has 0 radical (unpaired) electrons. The van der Waals surface area contributed by atoms with Crippen LogP contribution in [-0.4, -0.2) is 64.4 Å². The third kappa shape index (κ3) is 5.76. The zero-order valence-electron chi connectivity index (χ0n) is 17.9. The van der Waals surface area contributed by atoms with Crippen LogP contribution in [0.5, 0.6) is 11.5 Å². The number of ether oxygens (including phenoxy) is 3. The van der Waals surface area contributed by atoms with Gasteiger partial charge in [0.15, 0.2) is 11.5 Å². The second-order valence-electron chi connectivity index (χ2n) is 6.87. The zero-order chi connectivity index (χ0) is 24.0. The second kappa shape index (κ2) is 10.3. The molecule has 0 atom stereocenters. The van der Waals surface area contributed by atoms with Crippen molar-refractivity contribution < 1.29 is 37.0 Å². The summed E-state index contributed by atoms with van der Waals surface area (Å²) in [5.41, 5.74) is 0.616. The highest BCUT2D eigenvalue weighted by Gasteiger charge is 2.29. The highest BCUT2D eigenvalue weighted by Crippen LogP contribution is 2.29. The summed E-state index contributed by atoms with van der Waals surface area (Å²) in [6.07, 6.45) is 2.74. The van der Waals surface area contributed by atoms with E-state index in [1.165, 1.54) is 56.7 Å². The van der Waals surface area contributed by atoms with Crippen molar-refractivity contribution in [1.82, 2.24) is 9.62 Å². The topological polar surface area (TPSA) is 128 Å². The number of carbonyl (C=O) groups is 3. The number of nitrogens with one attached hydrogen (secondary N) is 1. The summed E-state index contributed by atoms with van der Waals surface area (Å²) < 4.78 is 42.0. The molecule has 0 bridgehead atoms. The lowest BCUT2D eigenvalue weighted by atomic mass is 10.2. The fraction of sp³-hybridized carbons (Fsp3) is 0.227. The minimum absolute atomic E-state index is 0.00857. The molecule has 2 aromatic carbocycles. The molecule has 1 aliphatic heterocycles. The molecular formula is C22H22N2O8S. The molecule has 2 aromatic rings. The summed E-state index contributed by atoms with van der Waals surface area (Å²) in [4.78, 5) is 35.4. The largest absolute Gasteiger partial charge is 0.493 e. The molecule has 0 aliphatic carbocycles. The van der Waals surface area contributed by atoms with Gasteiger partial charge in [0, 0.05) is 19.2 Å². The van der Waals surface area contributed by atoms with Crippen LogP contribution in [0.2, 0.25) is 0 Å². The van der Waals surface area contributed by atoms with Crippen molar-refractivity contribution in [3.05, 3.63) is 59.7 Å². The zero-order valence-corrected chi connectivity index (χ0v) is 18.8. The predicted octanol–water partition coefficient (Wildman–Crippen LogP) is 1.22. The number of hydrogen-bond donors (Lipinski definition) is 1. The minimum Gasteiger partial charge on any atom is -0.493 e. The van der Waals surface area contributed by atoms with Gasteiger partial charge in [0.2, 0.25) is 15.9 Å². The average Bonchev–Trinajstić information content (AvgIpc) is 2.83. The van der Waals surface area contributed by atoms with Gasteiger partial charge in [-0.25, -0.2) is 18.0 Å². The molecule has 0 aromatic heterocycles. The monoisotopic (exact) mass is 474 g/mol. The van der Waals surface area contributed by atoms with Crippen LogP contribution < -0.4 is 14.8 Å². The van der Waals surface area contributed by atoms with Crippen molar-refractivity contribution in [2.75, 3.05) is 33.9 Å². The fourth-order valence-corrected chi connectivity index (χ4v) is 4.46. The average molecular weight is 474 g/mol. The van der Waals surface area contributed by atoms with Crippen molar-refractivity contribution in [2.24, 2.45) is 0 Å². The van der Waals surface area contributed by atoms with Gasteiger partial charge in [-0.3, -0.25) is 4.79 Å². The molecule has 174 valence electrons. The van der Waals surface area contributed by atoms with E-state index < -0.39 is 27.9 Å². The number of benzene rings is 2. The summed E-state index contributed by atoms with van der Waals surface area (Å²) in [5.74, 6) is -1.36. The lowest BCUT2D eigenvalue weighted by molar-refractivity contribution is -0.134. The molecule has 11 heteroatoms. The van der Waals surface area contributed by atoms with E-state index in [2.05, 4.69) is 10.1 Å². The number of nitrogens with zero attached hydrogens (tertiary/aromatic N) is 1. The van der Waals surface area contributed by atoms with Crippen molar-refractivity contribution in [3.8, 4) is 11.5 Å². The molecule has 33 heavy (non-hydrogen) atoms. The SMILES string of the molecule is COC(=O)C=Cc1ccc(OC(=O)c2cccc(S(=O)(=O)N3CCNC(=O)C3)c2)c(OC)c1. The maximum atomic E-state index is 12.9. The van der Waals surface area contributed by atoms with Gasteiger partial charge in [-0.1, -0.05) is 12.1 Å². The molecule has 1 heterocycles. The number of methoxy groups -OCH3 is 2. The molecule has 0 saturated carbocycles. The van der Waals surface area contributed by atoms with Crippen LogP contribution in [0.25, 0.3) is 6.08 Å². The summed E-state index contributed by atoms with van der Waals surface area (Å²) >= 11 is 0. The Morgan fingerprint density at radius 2 is 1.88 bits per heavy atom. The van der Waals surface area contributed by atoms with Crippen LogP contribution in [0.3, 0.4) is 0 Å². The van der Waals surface area contributed by atoms with Crippen LogP contribution in [0.4, 0.5) is 0 Å². The van der Waals surface area contributed by atoms with Crippen LogP contribution in [-0.2, 0) is 24.3 Å². The third-order valence-electron chi connectivity index (χ3n) is 4.71. The maximum absolute atomic E-state index is 12.9. The Hall–Kier alpha value is -3.70. The fourth-order valence-electron chi connectivity index (χ4n) is 3.02. The molecule has 10 nitrogen and oxygen atoms in total. The van der Waals surface area contributed by atoms with Crippen molar-refractivity contribution >= 4 is 33.9 Å². The van der Waals surface area contributed by atoms with Crippen LogP contribution >= 0.6 is 0 Å². The lowest BCUT2D eigenvalue weighted by Gasteiger charge is -2.26. The summed E-state index contributed by atoms with van der Waals surface area (Å²) in [6.45, 7) is 0.0616. The van der Waals surface area contributed by atoms with E-state index in [9.17, 15) is 22.8 Å². The van der Waals surface area contributed by atoms with Gasteiger partial charge in [-0.15, -0.1) is 0 Å². The van der Waals surface area contributed by atoms with E-state index in [4.69, 9.17) is 9.47 Å². The predicted molar refractivity (Wildman–Crippen MR) is 117 cm³/mol. The van der Waals surface area contributed by atoms with E-state index in [1.54, 1.807) is 12.1 Å². The van der Waals surface area contributed by atoms with E-state index in [1.807, 2.05) is 0 Å². The first-order valence-corrected chi connectivity index (χ1v) is 11.2. The first-order valence-electron chi connectivity index (χ1n) is 9.78. The molecule has 1 N–H and O–H groups in total. The number of carbonyl (C=O) groups excluding carboxylic acids is 3. The highest BCUT2D eigenvalue weighted by molar-refractivity contribution is 7.89. The molecule has 1 saturated heterocycles. The minimum atomic E-state index is -3.96. The first-order chi connectivity index (χ1) is 15.7. The third-order valence-corrected chi connectivity index (χ3v) is 6.56. The van der Waals surface area contributed by atoms with Crippen molar-refractivity contribution in [2.45, 2.75) is 4.90 Å². The lowest BCUT2D eigenvalue weighted by Crippen LogP contribution is -2.49. The smallest absolute Gasteiger partial charge is 0.343 e. The van der Waals surface area contributed by atoms with Crippen molar-refractivity contribution in [1.29, 1.82) is 0 Å². The van der Waals surface area contributed by atoms with Crippen molar-refractivity contribution in [3.63, 3.8) is 0 Å². The number of hydrogen-bond acceptors (Lipinski definition) is 8. The number of esters is 2. The van der Waals surface area contributed by atoms with Gasteiger partial charge in [-0.05, 0) is 42.0 Å². The second-order valence-corrected chi connectivity index (χ2v) is 8.81. The van der Waals surface area contributed by atoms with Gasteiger partial charge >= 0.3 is 11.9 Å². The van der Waals surface area contributed by atoms with Crippen LogP contribution in [0, 0.1) is 0 Å². The molecule has 1 fully saturated rings. The Morgan fingerprint density at radius 1 is 1.09 bits per heavy atom. The summed E-state index contributed by atoms with van der Waals surface area (Å²) in [6, 6.07) is 10.0. The van der Waals surface area contributed by atoms with Gasteiger partial charge in [-0.2, -0.15) is 4.31 Å². The van der Waals surface area contributed by atoms with Crippen LogP contribution in [0.1, 0.15) is 15.9 Å². The Morgan fingerprint density at radius 3 is 2.58 bits per heavy atom. The maximum Gasteiger partial charge on any atom is 0.343 e. The van der Waals surface area contributed by atoms with Crippen LogP contribution in [0.15, 0.2) is 53.4 Å². The van der Waals surface area contributed by atoms with E-state index in [0.29, 0.717) is 5.56 Å². The van der Waals surface area contributed by atoms with E-state index in [-0.39, 0.29) is 41.6 Å². The van der Waals surface area contributed by atoms with Gasteiger partial charge in [0.1, 0.15) is 0 Å². The molecular weight excluding hydrogens is 452 g/mol. The molecule has 1 aliphatic rings. The summed E-state index contributed by atoms with van der Waals surface area (Å²) in [7, 11) is -1.31. The van der Waals surface area contributed by atoms with Gasteiger partial charge in [0.25, 0.3) is 0 Å². The Balaban J connectivity index is 1.80.